The number of thioether (sulfide) groups is 1. The van der Waals surface area contributed by atoms with Gasteiger partial charge < -0.3 is 4.98 Å². The van der Waals surface area contributed by atoms with Gasteiger partial charge in [-0.25, -0.2) is 4.79 Å². The van der Waals surface area contributed by atoms with E-state index < -0.39 is 0 Å². The Morgan fingerprint density at radius 3 is 2.92 bits per heavy atom. The van der Waals surface area contributed by atoms with Crippen molar-refractivity contribution in [3.63, 3.8) is 0 Å². The molecule has 2 aromatic rings. The molecular weight excluding hydrogens is 184 g/mol. The predicted octanol–water partition coefficient (Wildman–Crippen LogP) is 1.65. The van der Waals surface area contributed by atoms with Crippen LogP contribution in [0.25, 0.3) is 10.9 Å². The third kappa shape index (κ3) is 1.45. The summed E-state index contributed by atoms with van der Waals surface area (Å²) >= 11 is 1.48. The second-order valence-corrected chi connectivity index (χ2v) is 3.39. The number of hydrogen-bond donors (Lipinski definition) is 1. The number of nitrogens with one attached hydrogen (secondary N) is 1. The molecule has 0 saturated carbocycles. The Hall–Kier alpha value is -1.29. The standard InChI is InChI=1S/C9H8N2OS/c1-13-8-6-4-2-3-5-7(6)10-9(12)11-8/h2-5H,1H3,(H,10,11,12). The van der Waals surface area contributed by atoms with Crippen molar-refractivity contribution in [3.8, 4) is 0 Å². The Kier molecular flexibility index (Phi) is 2.06. The van der Waals surface area contributed by atoms with Gasteiger partial charge in [0.15, 0.2) is 0 Å². The number of aromatic nitrogens is 2. The van der Waals surface area contributed by atoms with Gasteiger partial charge in [0.1, 0.15) is 5.03 Å². The summed E-state index contributed by atoms with van der Waals surface area (Å²) in [4.78, 5) is 17.6. The van der Waals surface area contributed by atoms with Crippen LogP contribution in [0.4, 0.5) is 0 Å². The average Bonchev–Trinajstić information content (AvgIpc) is 2.16. The van der Waals surface area contributed by atoms with Crippen molar-refractivity contribution >= 4 is 22.7 Å². The van der Waals surface area contributed by atoms with E-state index in [0.717, 1.165) is 15.9 Å². The highest BCUT2D eigenvalue weighted by molar-refractivity contribution is 7.98. The van der Waals surface area contributed by atoms with Gasteiger partial charge in [0, 0.05) is 5.39 Å². The van der Waals surface area contributed by atoms with Crippen LogP contribution in [0.5, 0.6) is 0 Å². The molecule has 2 rings (SSSR count). The predicted molar refractivity (Wildman–Crippen MR) is 54.1 cm³/mol. The second kappa shape index (κ2) is 3.22. The molecule has 1 heterocycles. The Labute approximate surface area is 79.2 Å². The van der Waals surface area contributed by atoms with Crippen molar-refractivity contribution < 1.29 is 0 Å². The van der Waals surface area contributed by atoms with Gasteiger partial charge in [0.05, 0.1) is 5.52 Å². The second-order valence-electron chi connectivity index (χ2n) is 2.60. The lowest BCUT2D eigenvalue weighted by Crippen LogP contribution is -2.10. The van der Waals surface area contributed by atoms with Gasteiger partial charge >= 0.3 is 5.69 Å². The number of rotatable bonds is 1. The van der Waals surface area contributed by atoms with Crippen molar-refractivity contribution in [1.82, 2.24) is 9.97 Å². The Morgan fingerprint density at radius 1 is 1.38 bits per heavy atom. The normalized spacial score (nSPS) is 10.5. The molecule has 0 aliphatic heterocycles. The van der Waals surface area contributed by atoms with Crippen molar-refractivity contribution in [2.24, 2.45) is 0 Å². The smallest absolute Gasteiger partial charge is 0.305 e. The van der Waals surface area contributed by atoms with Gasteiger partial charge in [-0.15, -0.1) is 11.8 Å². The lowest BCUT2D eigenvalue weighted by atomic mass is 10.2. The molecule has 1 aromatic heterocycles. The van der Waals surface area contributed by atoms with Gasteiger partial charge in [-0.3, -0.25) is 0 Å². The number of hydrogen-bond acceptors (Lipinski definition) is 3. The number of fused-ring (bicyclic) bond motifs is 1. The highest BCUT2D eigenvalue weighted by atomic mass is 32.2. The number of benzene rings is 1. The summed E-state index contributed by atoms with van der Waals surface area (Å²) in [6.07, 6.45) is 1.91. The molecule has 0 spiro atoms. The maximum absolute atomic E-state index is 11.1. The molecule has 66 valence electrons. The summed E-state index contributed by atoms with van der Waals surface area (Å²) in [5.41, 5.74) is 0.551. The van der Waals surface area contributed by atoms with Gasteiger partial charge in [0.25, 0.3) is 0 Å². The molecule has 4 heteroatoms. The molecule has 0 saturated heterocycles. The fraction of sp³-hybridized carbons (Fsp3) is 0.111. The molecular formula is C9H8N2OS. The zero-order chi connectivity index (χ0) is 9.26. The molecule has 0 fully saturated rings. The van der Waals surface area contributed by atoms with Crippen LogP contribution in [-0.2, 0) is 0 Å². The monoisotopic (exact) mass is 192 g/mol. The first-order chi connectivity index (χ1) is 6.31. The molecule has 0 unspecified atom stereocenters. The topological polar surface area (TPSA) is 45.8 Å². The minimum Gasteiger partial charge on any atom is -0.305 e. The molecule has 1 N–H and O–H groups in total. The van der Waals surface area contributed by atoms with E-state index in [1.54, 1.807) is 0 Å². The quantitative estimate of drug-likeness (QED) is 0.552. The van der Waals surface area contributed by atoms with Crippen molar-refractivity contribution in [3.05, 3.63) is 34.7 Å². The molecule has 0 amide bonds. The number of aromatic amines is 1. The summed E-state index contributed by atoms with van der Waals surface area (Å²) in [5, 5.41) is 1.77. The summed E-state index contributed by atoms with van der Waals surface area (Å²) in [6, 6.07) is 7.65. The first kappa shape index (κ1) is 8.31. The summed E-state index contributed by atoms with van der Waals surface area (Å²) in [6.45, 7) is 0. The summed E-state index contributed by atoms with van der Waals surface area (Å²) in [5.74, 6) is 0. The Morgan fingerprint density at radius 2 is 2.15 bits per heavy atom. The van der Waals surface area contributed by atoms with E-state index in [-0.39, 0.29) is 5.69 Å². The maximum atomic E-state index is 11.1. The van der Waals surface area contributed by atoms with Crippen molar-refractivity contribution in [1.29, 1.82) is 0 Å². The van der Waals surface area contributed by atoms with Crippen LogP contribution >= 0.6 is 11.8 Å². The molecule has 0 aliphatic carbocycles. The van der Waals surface area contributed by atoms with Gasteiger partial charge in [-0.2, -0.15) is 4.98 Å². The first-order valence-electron chi connectivity index (χ1n) is 3.84. The molecule has 13 heavy (non-hydrogen) atoms. The van der Waals surface area contributed by atoms with E-state index in [9.17, 15) is 4.79 Å². The lowest BCUT2D eigenvalue weighted by molar-refractivity contribution is 1.03. The fourth-order valence-electron chi connectivity index (χ4n) is 1.23. The zero-order valence-electron chi connectivity index (χ0n) is 7.07. The largest absolute Gasteiger partial charge is 0.346 e. The molecule has 3 nitrogen and oxygen atoms in total. The Balaban J connectivity index is 2.89. The van der Waals surface area contributed by atoms with E-state index in [2.05, 4.69) is 9.97 Å². The number of H-pyrrole nitrogens is 1. The number of para-hydroxylation sites is 1. The Bertz CT molecular complexity index is 492. The average molecular weight is 192 g/mol. The minimum absolute atomic E-state index is 0.289. The summed E-state index contributed by atoms with van der Waals surface area (Å²) in [7, 11) is 0. The van der Waals surface area contributed by atoms with Gasteiger partial charge in [0.2, 0.25) is 0 Å². The molecule has 0 radical (unpaired) electrons. The highest BCUT2D eigenvalue weighted by Crippen LogP contribution is 2.20. The minimum atomic E-state index is -0.289. The van der Waals surface area contributed by atoms with Crippen LogP contribution in [0.15, 0.2) is 34.1 Å². The van der Waals surface area contributed by atoms with Crippen LogP contribution in [0.3, 0.4) is 0 Å². The molecule has 0 atom stereocenters. The SMILES string of the molecule is CSc1nc(=O)[nH]c2ccccc12. The van der Waals surface area contributed by atoms with E-state index >= 15 is 0 Å². The van der Waals surface area contributed by atoms with Crippen LogP contribution in [0, 0.1) is 0 Å². The third-order valence-corrected chi connectivity index (χ3v) is 2.49. The molecule has 1 aromatic carbocycles. The van der Waals surface area contributed by atoms with E-state index in [1.807, 2.05) is 30.5 Å². The highest BCUT2D eigenvalue weighted by Gasteiger charge is 2.01. The van der Waals surface area contributed by atoms with Crippen LogP contribution in [0.2, 0.25) is 0 Å². The number of nitrogens with zero attached hydrogens (tertiary/aromatic N) is 1. The van der Waals surface area contributed by atoms with Crippen molar-refractivity contribution in [2.45, 2.75) is 5.03 Å². The lowest BCUT2D eigenvalue weighted by Gasteiger charge is -2.00. The van der Waals surface area contributed by atoms with Gasteiger partial charge in [-0.1, -0.05) is 18.2 Å². The fourth-order valence-corrected chi connectivity index (χ4v) is 1.80. The maximum Gasteiger partial charge on any atom is 0.346 e. The van der Waals surface area contributed by atoms with E-state index in [0.29, 0.717) is 0 Å². The third-order valence-electron chi connectivity index (χ3n) is 1.80. The van der Waals surface area contributed by atoms with E-state index in [4.69, 9.17) is 0 Å². The van der Waals surface area contributed by atoms with Crippen LogP contribution in [-0.4, -0.2) is 16.2 Å². The van der Waals surface area contributed by atoms with E-state index in [1.165, 1.54) is 11.8 Å². The first-order valence-corrected chi connectivity index (χ1v) is 5.07. The van der Waals surface area contributed by atoms with Crippen LogP contribution < -0.4 is 5.69 Å². The zero-order valence-corrected chi connectivity index (χ0v) is 7.89. The van der Waals surface area contributed by atoms with Crippen LogP contribution in [0.1, 0.15) is 0 Å². The van der Waals surface area contributed by atoms with Crippen molar-refractivity contribution in [2.75, 3.05) is 6.26 Å². The molecule has 0 bridgehead atoms. The van der Waals surface area contributed by atoms with Gasteiger partial charge in [-0.05, 0) is 12.3 Å². The molecule has 0 aliphatic rings. The summed E-state index contributed by atoms with van der Waals surface area (Å²) < 4.78 is 0.